The van der Waals surface area contributed by atoms with E-state index in [0.717, 1.165) is 29.8 Å². The molecule has 0 radical (unpaired) electrons. The molecule has 0 amide bonds. The van der Waals surface area contributed by atoms with E-state index in [1.807, 2.05) is 24.3 Å². The summed E-state index contributed by atoms with van der Waals surface area (Å²) in [4.78, 5) is 4.65. The Morgan fingerprint density at radius 3 is 2.67 bits per heavy atom. The predicted molar refractivity (Wildman–Crippen MR) is 83.8 cm³/mol. The first-order valence-electron chi connectivity index (χ1n) is 7.22. The Bertz CT molecular complexity index is 749. The quantitative estimate of drug-likeness (QED) is 0.760. The molecule has 4 heteroatoms. The number of benzene rings is 2. The number of imidazole rings is 1. The molecule has 0 unspecified atom stereocenters. The van der Waals surface area contributed by atoms with Crippen LogP contribution in [0.25, 0.3) is 11.0 Å². The van der Waals surface area contributed by atoms with Gasteiger partial charge in [0.05, 0.1) is 23.3 Å². The Morgan fingerprint density at radius 1 is 1.10 bits per heavy atom. The van der Waals surface area contributed by atoms with E-state index < -0.39 is 0 Å². The van der Waals surface area contributed by atoms with Gasteiger partial charge in [0.2, 0.25) is 0 Å². The van der Waals surface area contributed by atoms with Crippen LogP contribution in [0.15, 0.2) is 48.5 Å². The van der Waals surface area contributed by atoms with Crippen molar-refractivity contribution in [2.75, 3.05) is 5.32 Å². The molecule has 1 N–H and O–H groups in total. The molecule has 0 aliphatic heterocycles. The molecule has 1 aromatic heterocycles. The van der Waals surface area contributed by atoms with Gasteiger partial charge in [-0.25, -0.2) is 9.37 Å². The van der Waals surface area contributed by atoms with Crippen LogP contribution in [0.1, 0.15) is 19.2 Å². The Labute approximate surface area is 123 Å². The van der Waals surface area contributed by atoms with Crippen LogP contribution in [0.2, 0.25) is 0 Å². The summed E-state index contributed by atoms with van der Waals surface area (Å²) in [6.07, 6.45) is 1.03. The van der Waals surface area contributed by atoms with Gasteiger partial charge in [-0.2, -0.15) is 0 Å². The number of hydrogen-bond donors (Lipinski definition) is 1. The van der Waals surface area contributed by atoms with Gasteiger partial charge in [-0.3, -0.25) is 0 Å². The lowest BCUT2D eigenvalue weighted by atomic mass is 10.3. The lowest BCUT2D eigenvalue weighted by Gasteiger charge is -2.10. The molecule has 0 aliphatic carbocycles. The van der Waals surface area contributed by atoms with E-state index in [4.69, 9.17) is 0 Å². The normalized spacial score (nSPS) is 11.0. The number of nitrogens with zero attached hydrogens (tertiary/aromatic N) is 2. The monoisotopic (exact) mass is 283 g/mol. The molecule has 0 bridgehead atoms. The lowest BCUT2D eigenvalue weighted by molar-refractivity contribution is 0.627. The summed E-state index contributed by atoms with van der Waals surface area (Å²) < 4.78 is 15.9. The van der Waals surface area contributed by atoms with Crippen molar-refractivity contribution in [1.82, 2.24) is 9.55 Å². The predicted octanol–water partition coefficient (Wildman–Crippen LogP) is 4.20. The number of anilines is 1. The molecule has 0 atom stereocenters. The first kappa shape index (κ1) is 13.6. The van der Waals surface area contributed by atoms with Crippen LogP contribution in [0.3, 0.4) is 0 Å². The minimum absolute atomic E-state index is 0.240. The van der Waals surface area contributed by atoms with Gasteiger partial charge >= 0.3 is 0 Å². The summed E-state index contributed by atoms with van der Waals surface area (Å²) in [7, 11) is 0. The van der Waals surface area contributed by atoms with E-state index in [-0.39, 0.29) is 5.82 Å². The molecule has 21 heavy (non-hydrogen) atoms. The number of fused-ring (bicyclic) bond motifs is 1. The van der Waals surface area contributed by atoms with Gasteiger partial charge in [-0.1, -0.05) is 31.2 Å². The summed E-state index contributed by atoms with van der Waals surface area (Å²) in [5, 5.41) is 3.13. The fourth-order valence-corrected chi connectivity index (χ4v) is 2.51. The fraction of sp³-hybridized carbons (Fsp3) is 0.235. The molecule has 0 saturated heterocycles. The maximum atomic E-state index is 13.7. The molecule has 1 heterocycles. The molecule has 0 aliphatic rings. The van der Waals surface area contributed by atoms with Crippen molar-refractivity contribution in [3.63, 3.8) is 0 Å². The van der Waals surface area contributed by atoms with Gasteiger partial charge in [0.15, 0.2) is 0 Å². The summed E-state index contributed by atoms with van der Waals surface area (Å²) in [5.41, 5.74) is 2.62. The van der Waals surface area contributed by atoms with Gasteiger partial charge in [-0.05, 0) is 30.7 Å². The molecule has 2 aromatic carbocycles. The zero-order valence-electron chi connectivity index (χ0n) is 12.0. The Morgan fingerprint density at radius 2 is 1.86 bits per heavy atom. The fourth-order valence-electron chi connectivity index (χ4n) is 2.51. The van der Waals surface area contributed by atoms with E-state index in [2.05, 4.69) is 27.9 Å². The van der Waals surface area contributed by atoms with Gasteiger partial charge in [0.1, 0.15) is 11.6 Å². The van der Waals surface area contributed by atoms with Crippen molar-refractivity contribution in [1.29, 1.82) is 0 Å². The number of hydrogen-bond acceptors (Lipinski definition) is 2. The number of rotatable bonds is 5. The second-order valence-corrected chi connectivity index (χ2v) is 5.00. The van der Waals surface area contributed by atoms with E-state index in [9.17, 15) is 4.39 Å². The molecule has 3 aromatic rings. The number of para-hydroxylation sites is 3. The third kappa shape index (κ3) is 2.75. The number of halogens is 1. The molecule has 108 valence electrons. The average molecular weight is 283 g/mol. The topological polar surface area (TPSA) is 29.9 Å². The second-order valence-electron chi connectivity index (χ2n) is 5.00. The highest BCUT2D eigenvalue weighted by molar-refractivity contribution is 5.76. The Hall–Kier alpha value is -2.36. The van der Waals surface area contributed by atoms with Crippen LogP contribution >= 0.6 is 0 Å². The number of aromatic nitrogens is 2. The molecular formula is C17H18FN3. The highest BCUT2D eigenvalue weighted by Gasteiger charge is 2.10. The zero-order chi connectivity index (χ0) is 14.7. The van der Waals surface area contributed by atoms with Crippen molar-refractivity contribution >= 4 is 16.7 Å². The van der Waals surface area contributed by atoms with Crippen LogP contribution in [-0.4, -0.2) is 9.55 Å². The summed E-state index contributed by atoms with van der Waals surface area (Å²) >= 11 is 0. The standard InChI is InChI=1S/C17H18FN3/c1-2-11-21-16-10-6-5-9-15(16)20-17(21)12-19-14-8-4-3-7-13(14)18/h3-10,19H,2,11-12H2,1H3. The second kappa shape index (κ2) is 5.95. The number of nitrogens with one attached hydrogen (secondary N) is 1. The minimum Gasteiger partial charge on any atom is -0.375 e. The van der Waals surface area contributed by atoms with Crippen molar-refractivity contribution in [3.05, 3.63) is 60.2 Å². The smallest absolute Gasteiger partial charge is 0.146 e. The van der Waals surface area contributed by atoms with Crippen molar-refractivity contribution < 1.29 is 4.39 Å². The average Bonchev–Trinajstić information content (AvgIpc) is 2.85. The van der Waals surface area contributed by atoms with Crippen LogP contribution in [0.4, 0.5) is 10.1 Å². The lowest BCUT2D eigenvalue weighted by Crippen LogP contribution is -2.09. The molecule has 3 nitrogen and oxygen atoms in total. The van der Waals surface area contributed by atoms with E-state index in [1.165, 1.54) is 6.07 Å². The SMILES string of the molecule is CCCn1c(CNc2ccccc2F)nc2ccccc21. The van der Waals surface area contributed by atoms with Crippen LogP contribution in [0, 0.1) is 5.82 Å². The van der Waals surface area contributed by atoms with Crippen molar-refractivity contribution in [3.8, 4) is 0 Å². The van der Waals surface area contributed by atoms with Gasteiger partial charge < -0.3 is 9.88 Å². The third-order valence-electron chi connectivity index (χ3n) is 3.49. The molecule has 3 rings (SSSR count). The highest BCUT2D eigenvalue weighted by atomic mass is 19.1. The van der Waals surface area contributed by atoms with E-state index in [1.54, 1.807) is 12.1 Å². The summed E-state index contributed by atoms with van der Waals surface area (Å²) in [5.74, 6) is 0.692. The van der Waals surface area contributed by atoms with Gasteiger partial charge in [-0.15, -0.1) is 0 Å². The van der Waals surface area contributed by atoms with Gasteiger partial charge in [0.25, 0.3) is 0 Å². The largest absolute Gasteiger partial charge is 0.375 e. The molecule has 0 fully saturated rings. The van der Waals surface area contributed by atoms with Gasteiger partial charge in [0, 0.05) is 6.54 Å². The van der Waals surface area contributed by atoms with E-state index >= 15 is 0 Å². The van der Waals surface area contributed by atoms with E-state index in [0.29, 0.717) is 12.2 Å². The first-order valence-corrected chi connectivity index (χ1v) is 7.22. The maximum absolute atomic E-state index is 13.7. The van der Waals surface area contributed by atoms with Crippen LogP contribution in [0.5, 0.6) is 0 Å². The van der Waals surface area contributed by atoms with Crippen LogP contribution in [-0.2, 0) is 13.1 Å². The molecular weight excluding hydrogens is 265 g/mol. The highest BCUT2D eigenvalue weighted by Crippen LogP contribution is 2.19. The Balaban J connectivity index is 1.89. The summed E-state index contributed by atoms with van der Waals surface area (Å²) in [6, 6.07) is 14.8. The maximum Gasteiger partial charge on any atom is 0.146 e. The third-order valence-corrected chi connectivity index (χ3v) is 3.49. The summed E-state index contributed by atoms with van der Waals surface area (Å²) in [6.45, 7) is 3.56. The van der Waals surface area contributed by atoms with Crippen molar-refractivity contribution in [2.45, 2.75) is 26.4 Å². The molecule has 0 saturated carbocycles. The minimum atomic E-state index is -0.240. The van der Waals surface area contributed by atoms with Crippen molar-refractivity contribution in [2.24, 2.45) is 0 Å². The first-order chi connectivity index (χ1) is 10.3. The molecule has 0 spiro atoms. The Kier molecular flexibility index (Phi) is 3.86. The van der Waals surface area contributed by atoms with Crippen LogP contribution < -0.4 is 5.32 Å². The zero-order valence-corrected chi connectivity index (χ0v) is 12.0. The number of aryl methyl sites for hydroxylation is 1.